The maximum atomic E-state index is 14.2. The summed E-state index contributed by atoms with van der Waals surface area (Å²) >= 11 is 0. The van der Waals surface area contributed by atoms with Crippen LogP contribution < -0.4 is 10.6 Å². The van der Waals surface area contributed by atoms with E-state index in [0.29, 0.717) is 30.6 Å². The second kappa shape index (κ2) is 8.15. The molecule has 3 fully saturated rings. The zero-order chi connectivity index (χ0) is 26.1. The first kappa shape index (κ1) is 23.7. The molecule has 8 nitrogen and oxygen atoms in total. The molecule has 2 aliphatic carbocycles. The second-order valence-corrected chi connectivity index (χ2v) is 11.4. The molecule has 5 unspecified atom stereocenters. The van der Waals surface area contributed by atoms with Crippen molar-refractivity contribution >= 4 is 17.7 Å². The zero-order valence-corrected chi connectivity index (χ0v) is 20.9. The summed E-state index contributed by atoms with van der Waals surface area (Å²) in [6.45, 7) is 5.11. The van der Waals surface area contributed by atoms with E-state index < -0.39 is 29.5 Å². The average Bonchev–Trinajstić information content (AvgIpc) is 3.32. The topological polar surface area (TPSA) is 123 Å². The lowest BCUT2D eigenvalue weighted by atomic mass is 9.88. The Hall–Kier alpha value is -3.70. The van der Waals surface area contributed by atoms with Crippen molar-refractivity contribution < 1.29 is 19.5 Å². The molecule has 8 heteroatoms. The lowest BCUT2D eigenvalue weighted by Crippen LogP contribution is -2.56. The summed E-state index contributed by atoms with van der Waals surface area (Å²) < 4.78 is 0. The number of nitrogens with one attached hydrogen (secondary N) is 2. The molecule has 3 N–H and O–H groups in total. The summed E-state index contributed by atoms with van der Waals surface area (Å²) in [4.78, 5) is 41.5. The third kappa shape index (κ3) is 3.33. The van der Waals surface area contributed by atoms with Crippen LogP contribution in [0.5, 0.6) is 0 Å². The Morgan fingerprint density at radius 2 is 1.78 bits per heavy atom. The summed E-state index contributed by atoms with van der Waals surface area (Å²) in [5.74, 6) is -1.28. The van der Waals surface area contributed by atoms with Gasteiger partial charge in [0.05, 0.1) is 6.07 Å². The molecular formula is C29H30N4O4. The summed E-state index contributed by atoms with van der Waals surface area (Å²) in [6.07, 6.45) is 0.863. The number of piperidine rings is 1. The number of rotatable bonds is 5. The summed E-state index contributed by atoms with van der Waals surface area (Å²) in [7, 11) is 0. The Labute approximate surface area is 215 Å². The van der Waals surface area contributed by atoms with Gasteiger partial charge in [-0.1, -0.05) is 62.4 Å². The fourth-order valence-corrected chi connectivity index (χ4v) is 7.00. The van der Waals surface area contributed by atoms with Gasteiger partial charge in [-0.15, -0.1) is 0 Å². The minimum Gasteiger partial charge on any atom is -0.372 e. The predicted octanol–water partition coefficient (Wildman–Crippen LogP) is 1.92. The molecule has 37 heavy (non-hydrogen) atoms. The van der Waals surface area contributed by atoms with Gasteiger partial charge in [-0.2, -0.15) is 5.26 Å². The highest BCUT2D eigenvalue weighted by atomic mass is 16.3. The molecule has 2 aliphatic heterocycles. The van der Waals surface area contributed by atoms with E-state index in [4.69, 9.17) is 0 Å². The van der Waals surface area contributed by atoms with E-state index in [1.54, 1.807) is 24.3 Å². The number of fused-ring (bicyclic) bond motifs is 4. The smallest absolute Gasteiger partial charge is 0.264 e. The van der Waals surface area contributed by atoms with Crippen molar-refractivity contribution in [2.24, 2.45) is 23.2 Å². The number of aliphatic hydroxyl groups is 1. The lowest BCUT2D eigenvalue weighted by molar-refractivity contribution is -0.153. The molecule has 2 aromatic rings. The predicted molar refractivity (Wildman–Crippen MR) is 134 cm³/mol. The second-order valence-electron chi connectivity index (χ2n) is 11.4. The minimum absolute atomic E-state index is 0.0685. The van der Waals surface area contributed by atoms with E-state index in [1.807, 2.05) is 24.3 Å². The lowest BCUT2D eigenvalue weighted by Gasteiger charge is -2.36. The first-order valence-corrected chi connectivity index (χ1v) is 12.9. The number of nitriles is 1. The number of hydrogen-bond acceptors (Lipinski definition) is 5. The van der Waals surface area contributed by atoms with Gasteiger partial charge in [-0.25, -0.2) is 0 Å². The Bertz CT molecular complexity index is 1320. The molecule has 0 radical (unpaired) electrons. The van der Waals surface area contributed by atoms with Crippen LogP contribution in [-0.2, 0) is 20.0 Å². The van der Waals surface area contributed by atoms with E-state index in [1.165, 1.54) is 4.90 Å². The molecule has 0 bridgehead atoms. The zero-order valence-electron chi connectivity index (χ0n) is 20.9. The fourth-order valence-electron chi connectivity index (χ4n) is 7.00. The molecule has 4 aliphatic rings. The van der Waals surface area contributed by atoms with Gasteiger partial charge in [0, 0.05) is 30.1 Å². The molecular weight excluding hydrogens is 468 g/mol. The van der Waals surface area contributed by atoms with Crippen molar-refractivity contribution in [1.29, 1.82) is 5.26 Å². The molecule has 2 saturated heterocycles. The van der Waals surface area contributed by atoms with Crippen LogP contribution in [0.4, 0.5) is 0 Å². The Morgan fingerprint density at radius 3 is 2.35 bits per heavy atom. The van der Waals surface area contributed by atoms with Gasteiger partial charge >= 0.3 is 0 Å². The maximum absolute atomic E-state index is 14.2. The maximum Gasteiger partial charge on any atom is 0.264 e. The Balaban J connectivity index is 1.31. The molecule has 6 rings (SSSR count). The Kier molecular flexibility index (Phi) is 5.22. The third-order valence-electron chi connectivity index (χ3n) is 9.13. The fraction of sp³-hybridized carbons (Fsp3) is 0.448. The van der Waals surface area contributed by atoms with E-state index >= 15 is 0 Å². The summed E-state index contributed by atoms with van der Waals surface area (Å²) in [5.41, 5.74) is 0.617. The van der Waals surface area contributed by atoms with Crippen molar-refractivity contribution in [3.63, 3.8) is 0 Å². The van der Waals surface area contributed by atoms with Crippen molar-refractivity contribution in [3.8, 4) is 17.2 Å². The van der Waals surface area contributed by atoms with E-state index in [9.17, 15) is 24.8 Å². The first-order valence-electron chi connectivity index (χ1n) is 12.9. The minimum atomic E-state index is -1.90. The van der Waals surface area contributed by atoms with E-state index in [-0.39, 0.29) is 35.5 Å². The van der Waals surface area contributed by atoms with Gasteiger partial charge in [-0.05, 0) is 41.2 Å². The normalized spacial score (nSPS) is 28.4. The highest BCUT2D eigenvalue weighted by Crippen LogP contribution is 2.65. The molecule has 5 atom stereocenters. The highest BCUT2D eigenvalue weighted by Gasteiger charge is 2.70. The summed E-state index contributed by atoms with van der Waals surface area (Å²) in [6, 6.07) is 15.2. The number of carbonyl (C=O) groups excluding carboxylic acids is 3. The third-order valence-corrected chi connectivity index (χ3v) is 9.13. The van der Waals surface area contributed by atoms with E-state index in [0.717, 1.165) is 11.1 Å². The van der Waals surface area contributed by atoms with Crippen LogP contribution in [0.1, 0.15) is 37.8 Å². The molecule has 190 valence electrons. The van der Waals surface area contributed by atoms with Crippen LogP contribution >= 0.6 is 0 Å². The van der Waals surface area contributed by atoms with Gasteiger partial charge in [0.1, 0.15) is 12.1 Å². The van der Waals surface area contributed by atoms with Crippen LogP contribution in [0.15, 0.2) is 48.5 Å². The number of benzene rings is 2. The standard InChI is InChI=1S/C29H30N4O4/c1-28(2)22-15-33(24(23(22)28)26(35)32-17(14-30)13-16-11-12-31-25(16)34)27(36)29(37)20-9-5-3-7-18(20)19-8-4-6-10-21(19)29/h3-10,16-17,22-24,37H,11-13,15H2,1-2H3,(H,31,34)(H,32,35). The highest BCUT2D eigenvalue weighted by molar-refractivity contribution is 6.01. The van der Waals surface area contributed by atoms with E-state index in [2.05, 4.69) is 30.6 Å². The van der Waals surface area contributed by atoms with Crippen LogP contribution in [0.3, 0.4) is 0 Å². The number of carbonyl (C=O) groups is 3. The average molecular weight is 499 g/mol. The van der Waals surface area contributed by atoms with Crippen molar-refractivity contribution in [3.05, 3.63) is 59.7 Å². The van der Waals surface area contributed by atoms with Crippen LogP contribution in [0.25, 0.3) is 11.1 Å². The van der Waals surface area contributed by atoms with Crippen molar-refractivity contribution in [2.75, 3.05) is 13.1 Å². The monoisotopic (exact) mass is 498 g/mol. The molecule has 2 heterocycles. The molecule has 3 amide bonds. The van der Waals surface area contributed by atoms with Gasteiger partial charge in [0.2, 0.25) is 11.8 Å². The summed E-state index contributed by atoms with van der Waals surface area (Å²) in [5, 5.41) is 27.4. The van der Waals surface area contributed by atoms with Gasteiger partial charge < -0.3 is 20.6 Å². The first-order chi connectivity index (χ1) is 17.7. The number of amides is 3. The van der Waals surface area contributed by atoms with Crippen LogP contribution in [0.2, 0.25) is 0 Å². The van der Waals surface area contributed by atoms with Gasteiger partial charge in [0.15, 0.2) is 5.60 Å². The van der Waals surface area contributed by atoms with Gasteiger partial charge in [-0.3, -0.25) is 14.4 Å². The number of hydrogen-bond donors (Lipinski definition) is 3. The Morgan fingerprint density at radius 1 is 1.16 bits per heavy atom. The molecule has 1 saturated carbocycles. The SMILES string of the molecule is CC1(C)C2CN(C(=O)C3(O)c4ccccc4-c4ccccc43)C(C(=O)NC(C#N)CC3CCNC3=O)C21. The van der Waals surface area contributed by atoms with Crippen molar-refractivity contribution in [2.45, 2.75) is 44.4 Å². The van der Waals surface area contributed by atoms with Crippen LogP contribution in [-0.4, -0.2) is 52.9 Å². The molecule has 0 aromatic heterocycles. The van der Waals surface area contributed by atoms with Crippen LogP contribution in [0, 0.1) is 34.5 Å². The quantitative estimate of drug-likeness (QED) is 0.581. The molecule has 2 aromatic carbocycles. The van der Waals surface area contributed by atoms with Gasteiger partial charge in [0.25, 0.3) is 5.91 Å². The number of nitrogens with zero attached hydrogens (tertiary/aromatic N) is 2. The van der Waals surface area contributed by atoms with Crippen molar-refractivity contribution in [1.82, 2.24) is 15.5 Å². The molecule has 0 spiro atoms. The number of likely N-dealkylation sites (tertiary alicyclic amines) is 1. The largest absolute Gasteiger partial charge is 0.372 e.